The van der Waals surface area contributed by atoms with Crippen LogP contribution in [0.1, 0.15) is 11.3 Å². The summed E-state index contributed by atoms with van der Waals surface area (Å²) in [7, 11) is 0. The number of amides is 1. The van der Waals surface area contributed by atoms with Crippen molar-refractivity contribution in [2.75, 3.05) is 6.54 Å². The predicted octanol–water partition coefficient (Wildman–Crippen LogP) is 1.21. The van der Waals surface area contributed by atoms with Crippen molar-refractivity contribution in [2.24, 2.45) is 5.73 Å². The van der Waals surface area contributed by atoms with Crippen LogP contribution in [0.15, 0.2) is 42.6 Å². The molecule has 1 amide bonds. The second kappa shape index (κ2) is 7.30. The minimum atomic E-state index is -0.481. The first-order valence-electron chi connectivity index (χ1n) is 6.43. The largest absolute Gasteiger partial charge is 0.443 e. The molecule has 0 fully saturated rings. The molecule has 106 valence electrons. The van der Waals surface area contributed by atoms with Crippen LogP contribution < -0.4 is 11.1 Å². The SMILES string of the molecule is NCC(Cc1ccccc1)NC(=O)OCc1ccn[nH]1. The van der Waals surface area contributed by atoms with Gasteiger partial charge in [-0.15, -0.1) is 0 Å². The molecule has 1 atom stereocenters. The molecule has 2 aromatic rings. The lowest BCUT2D eigenvalue weighted by Crippen LogP contribution is -2.41. The van der Waals surface area contributed by atoms with E-state index < -0.39 is 6.09 Å². The maximum atomic E-state index is 11.7. The van der Waals surface area contributed by atoms with Crippen LogP contribution in [0, 0.1) is 0 Å². The fourth-order valence-electron chi connectivity index (χ4n) is 1.81. The van der Waals surface area contributed by atoms with E-state index in [1.54, 1.807) is 12.3 Å². The molecule has 0 aliphatic carbocycles. The van der Waals surface area contributed by atoms with E-state index in [2.05, 4.69) is 15.5 Å². The second-order valence-electron chi connectivity index (χ2n) is 4.42. The lowest BCUT2D eigenvalue weighted by molar-refractivity contribution is 0.134. The van der Waals surface area contributed by atoms with Gasteiger partial charge in [-0.2, -0.15) is 5.10 Å². The fourth-order valence-corrected chi connectivity index (χ4v) is 1.81. The molecule has 0 saturated carbocycles. The number of benzene rings is 1. The first-order valence-corrected chi connectivity index (χ1v) is 6.43. The van der Waals surface area contributed by atoms with E-state index >= 15 is 0 Å². The van der Waals surface area contributed by atoms with Gasteiger partial charge in [-0.3, -0.25) is 5.10 Å². The van der Waals surface area contributed by atoms with Crippen LogP contribution in [-0.4, -0.2) is 28.9 Å². The van der Waals surface area contributed by atoms with Gasteiger partial charge in [0.25, 0.3) is 0 Å². The number of nitrogens with one attached hydrogen (secondary N) is 2. The highest BCUT2D eigenvalue weighted by Gasteiger charge is 2.12. The van der Waals surface area contributed by atoms with Gasteiger partial charge in [0.05, 0.1) is 5.69 Å². The van der Waals surface area contributed by atoms with Crippen molar-refractivity contribution >= 4 is 6.09 Å². The van der Waals surface area contributed by atoms with Gasteiger partial charge in [-0.25, -0.2) is 4.79 Å². The summed E-state index contributed by atoms with van der Waals surface area (Å²) in [5.74, 6) is 0. The Labute approximate surface area is 117 Å². The number of aromatic nitrogens is 2. The van der Waals surface area contributed by atoms with Gasteiger partial charge in [-0.05, 0) is 18.1 Å². The number of ether oxygens (including phenoxy) is 1. The van der Waals surface area contributed by atoms with E-state index in [-0.39, 0.29) is 12.6 Å². The average Bonchev–Trinajstić information content (AvgIpc) is 2.99. The zero-order chi connectivity index (χ0) is 14.2. The lowest BCUT2D eigenvalue weighted by Gasteiger charge is -2.16. The Balaban J connectivity index is 1.79. The minimum Gasteiger partial charge on any atom is -0.443 e. The lowest BCUT2D eigenvalue weighted by atomic mass is 10.1. The summed E-state index contributed by atoms with van der Waals surface area (Å²) < 4.78 is 5.08. The molecule has 0 radical (unpaired) electrons. The number of carbonyl (C=O) groups excluding carboxylic acids is 1. The Kier molecular flexibility index (Phi) is 5.14. The summed E-state index contributed by atoms with van der Waals surface area (Å²) >= 11 is 0. The molecule has 4 N–H and O–H groups in total. The van der Waals surface area contributed by atoms with E-state index in [9.17, 15) is 4.79 Å². The third kappa shape index (κ3) is 4.40. The fraction of sp³-hybridized carbons (Fsp3) is 0.286. The summed E-state index contributed by atoms with van der Waals surface area (Å²) in [5, 5.41) is 9.25. The van der Waals surface area contributed by atoms with Crippen molar-refractivity contribution in [1.29, 1.82) is 0 Å². The number of H-pyrrole nitrogens is 1. The molecule has 1 heterocycles. The van der Waals surface area contributed by atoms with E-state index in [0.29, 0.717) is 13.0 Å². The maximum absolute atomic E-state index is 11.7. The number of hydrogen-bond donors (Lipinski definition) is 3. The molecule has 1 aromatic carbocycles. The Morgan fingerprint density at radius 1 is 1.35 bits per heavy atom. The highest BCUT2D eigenvalue weighted by Crippen LogP contribution is 2.03. The second-order valence-corrected chi connectivity index (χ2v) is 4.42. The number of rotatable bonds is 6. The minimum absolute atomic E-state index is 0.147. The first kappa shape index (κ1) is 14.1. The molecule has 0 spiro atoms. The van der Waals surface area contributed by atoms with Crippen molar-refractivity contribution in [2.45, 2.75) is 19.1 Å². The standard InChI is InChI=1S/C14H18N4O2/c15-9-13(8-11-4-2-1-3-5-11)17-14(19)20-10-12-6-7-16-18-12/h1-7,13H,8-10,15H2,(H,16,18)(H,17,19). The van der Waals surface area contributed by atoms with Crippen LogP contribution in [0.4, 0.5) is 4.79 Å². The van der Waals surface area contributed by atoms with Crippen molar-refractivity contribution < 1.29 is 9.53 Å². The van der Waals surface area contributed by atoms with E-state index in [1.807, 2.05) is 30.3 Å². The van der Waals surface area contributed by atoms with E-state index in [4.69, 9.17) is 10.5 Å². The molecule has 0 bridgehead atoms. The van der Waals surface area contributed by atoms with Crippen molar-refractivity contribution in [3.63, 3.8) is 0 Å². The first-order chi connectivity index (χ1) is 9.78. The van der Waals surface area contributed by atoms with Gasteiger partial charge in [0, 0.05) is 18.8 Å². The number of aromatic amines is 1. The molecule has 6 heteroatoms. The van der Waals surface area contributed by atoms with Crippen molar-refractivity contribution in [3.05, 3.63) is 53.9 Å². The van der Waals surface area contributed by atoms with Gasteiger partial charge >= 0.3 is 6.09 Å². The highest BCUT2D eigenvalue weighted by atomic mass is 16.5. The third-order valence-electron chi connectivity index (χ3n) is 2.85. The van der Waals surface area contributed by atoms with E-state index in [1.165, 1.54) is 0 Å². The van der Waals surface area contributed by atoms with E-state index in [0.717, 1.165) is 11.3 Å². The highest BCUT2D eigenvalue weighted by molar-refractivity contribution is 5.67. The summed E-state index contributed by atoms with van der Waals surface area (Å²) in [6.07, 6.45) is 1.80. The smallest absolute Gasteiger partial charge is 0.407 e. The Morgan fingerprint density at radius 3 is 2.80 bits per heavy atom. The normalized spacial score (nSPS) is 11.8. The number of hydrogen-bond acceptors (Lipinski definition) is 4. The molecule has 1 aromatic heterocycles. The zero-order valence-electron chi connectivity index (χ0n) is 11.1. The Hall–Kier alpha value is -2.34. The van der Waals surface area contributed by atoms with Gasteiger partial charge in [-0.1, -0.05) is 30.3 Å². The summed E-state index contributed by atoms with van der Waals surface area (Å²) in [4.78, 5) is 11.7. The molecule has 2 rings (SSSR count). The van der Waals surface area contributed by atoms with Crippen molar-refractivity contribution in [1.82, 2.24) is 15.5 Å². The third-order valence-corrected chi connectivity index (χ3v) is 2.85. The van der Waals surface area contributed by atoms with Gasteiger partial charge in [0.15, 0.2) is 0 Å². The summed E-state index contributed by atoms with van der Waals surface area (Å²) in [6, 6.07) is 11.5. The van der Waals surface area contributed by atoms with Crippen LogP contribution in [0.2, 0.25) is 0 Å². The van der Waals surface area contributed by atoms with Crippen LogP contribution in [0.25, 0.3) is 0 Å². The molecular weight excluding hydrogens is 256 g/mol. The molecule has 0 aliphatic rings. The number of nitrogens with two attached hydrogens (primary N) is 1. The van der Waals surface area contributed by atoms with Crippen LogP contribution in [-0.2, 0) is 17.8 Å². The van der Waals surface area contributed by atoms with Gasteiger partial charge in [0.1, 0.15) is 6.61 Å². The molecule has 6 nitrogen and oxygen atoms in total. The molecule has 1 unspecified atom stereocenters. The zero-order valence-corrected chi connectivity index (χ0v) is 11.1. The van der Waals surface area contributed by atoms with Crippen LogP contribution >= 0.6 is 0 Å². The summed E-state index contributed by atoms with van der Waals surface area (Å²) in [5.41, 5.74) is 7.54. The van der Waals surface area contributed by atoms with Crippen LogP contribution in [0.3, 0.4) is 0 Å². The topological polar surface area (TPSA) is 93.0 Å². The monoisotopic (exact) mass is 274 g/mol. The number of nitrogens with zero attached hydrogens (tertiary/aromatic N) is 1. The molecule has 20 heavy (non-hydrogen) atoms. The Morgan fingerprint density at radius 2 is 2.15 bits per heavy atom. The number of alkyl carbamates (subject to hydrolysis) is 1. The predicted molar refractivity (Wildman–Crippen MR) is 74.9 cm³/mol. The number of carbonyl (C=O) groups is 1. The molecule has 0 saturated heterocycles. The molecule has 0 aliphatic heterocycles. The summed E-state index contributed by atoms with van der Waals surface area (Å²) in [6.45, 7) is 0.516. The maximum Gasteiger partial charge on any atom is 0.407 e. The average molecular weight is 274 g/mol. The Bertz CT molecular complexity index is 513. The quantitative estimate of drug-likeness (QED) is 0.738. The van der Waals surface area contributed by atoms with Gasteiger partial charge in [0.2, 0.25) is 0 Å². The molecular formula is C14H18N4O2. The van der Waals surface area contributed by atoms with Crippen LogP contribution in [0.5, 0.6) is 0 Å². The van der Waals surface area contributed by atoms with Crippen molar-refractivity contribution in [3.8, 4) is 0 Å². The van der Waals surface area contributed by atoms with Gasteiger partial charge < -0.3 is 15.8 Å².